The SMILES string of the molecule is COc1ccc(OC)c(N(CC(=O)Nc2ccc(C)c(C)c2)C(C)=O)c1. The molecular weight excluding hydrogens is 332 g/mol. The van der Waals surface area contributed by atoms with Crippen LogP contribution in [0.25, 0.3) is 0 Å². The van der Waals surface area contributed by atoms with Gasteiger partial charge in [-0.1, -0.05) is 6.07 Å². The first-order valence-corrected chi connectivity index (χ1v) is 8.23. The van der Waals surface area contributed by atoms with Crippen LogP contribution in [-0.4, -0.2) is 32.6 Å². The van der Waals surface area contributed by atoms with Crippen LogP contribution in [0.2, 0.25) is 0 Å². The van der Waals surface area contributed by atoms with Crippen molar-refractivity contribution in [2.45, 2.75) is 20.8 Å². The molecule has 0 heterocycles. The maximum Gasteiger partial charge on any atom is 0.244 e. The van der Waals surface area contributed by atoms with E-state index in [4.69, 9.17) is 9.47 Å². The van der Waals surface area contributed by atoms with Gasteiger partial charge in [0.25, 0.3) is 0 Å². The van der Waals surface area contributed by atoms with Crippen molar-refractivity contribution in [1.82, 2.24) is 0 Å². The molecule has 0 radical (unpaired) electrons. The Kier molecular flexibility index (Phi) is 6.22. The molecule has 6 nitrogen and oxygen atoms in total. The molecular formula is C20H24N2O4. The molecule has 2 rings (SSSR count). The van der Waals surface area contributed by atoms with Crippen LogP contribution in [0.1, 0.15) is 18.1 Å². The number of rotatable bonds is 6. The highest BCUT2D eigenvalue weighted by atomic mass is 16.5. The van der Waals surface area contributed by atoms with Gasteiger partial charge in [0.1, 0.15) is 18.0 Å². The van der Waals surface area contributed by atoms with Crippen molar-refractivity contribution in [2.24, 2.45) is 0 Å². The average Bonchev–Trinajstić information content (AvgIpc) is 2.62. The summed E-state index contributed by atoms with van der Waals surface area (Å²) in [6.45, 7) is 5.26. The lowest BCUT2D eigenvalue weighted by Gasteiger charge is -2.23. The fourth-order valence-corrected chi connectivity index (χ4v) is 2.54. The Labute approximate surface area is 153 Å². The van der Waals surface area contributed by atoms with E-state index in [9.17, 15) is 9.59 Å². The van der Waals surface area contributed by atoms with Crippen molar-refractivity contribution in [1.29, 1.82) is 0 Å². The zero-order valence-corrected chi connectivity index (χ0v) is 15.8. The Morgan fingerprint density at radius 2 is 1.73 bits per heavy atom. The van der Waals surface area contributed by atoms with E-state index in [0.29, 0.717) is 22.9 Å². The lowest BCUT2D eigenvalue weighted by molar-refractivity contribution is -0.120. The predicted octanol–water partition coefficient (Wildman–Crippen LogP) is 3.31. The number of nitrogens with one attached hydrogen (secondary N) is 1. The zero-order chi connectivity index (χ0) is 19.3. The van der Waals surface area contributed by atoms with Crippen molar-refractivity contribution in [3.05, 3.63) is 47.5 Å². The van der Waals surface area contributed by atoms with Gasteiger partial charge in [-0.2, -0.15) is 0 Å². The lowest BCUT2D eigenvalue weighted by atomic mass is 10.1. The maximum absolute atomic E-state index is 12.5. The number of hydrogen-bond acceptors (Lipinski definition) is 4. The third kappa shape index (κ3) is 4.53. The summed E-state index contributed by atoms with van der Waals surface area (Å²) < 4.78 is 10.5. The molecule has 138 valence electrons. The summed E-state index contributed by atoms with van der Waals surface area (Å²) in [4.78, 5) is 26.0. The minimum atomic E-state index is -0.298. The molecule has 0 aliphatic heterocycles. The van der Waals surface area contributed by atoms with Gasteiger partial charge in [-0.15, -0.1) is 0 Å². The summed E-state index contributed by atoms with van der Waals surface area (Å²) in [6, 6.07) is 10.8. The Balaban J connectivity index is 2.24. The van der Waals surface area contributed by atoms with E-state index >= 15 is 0 Å². The molecule has 0 unspecified atom stereocenters. The van der Waals surface area contributed by atoms with Crippen molar-refractivity contribution in [3.8, 4) is 11.5 Å². The molecule has 2 aromatic carbocycles. The molecule has 0 saturated heterocycles. The van der Waals surface area contributed by atoms with Gasteiger partial charge in [0, 0.05) is 18.7 Å². The summed E-state index contributed by atoms with van der Waals surface area (Å²) in [5.74, 6) is 0.488. The van der Waals surface area contributed by atoms with Gasteiger partial charge in [-0.05, 0) is 49.2 Å². The second-order valence-electron chi connectivity index (χ2n) is 5.99. The first-order chi connectivity index (χ1) is 12.3. The summed E-state index contributed by atoms with van der Waals surface area (Å²) in [6.07, 6.45) is 0. The van der Waals surface area contributed by atoms with Crippen LogP contribution >= 0.6 is 0 Å². The van der Waals surface area contributed by atoms with Crippen molar-refractivity contribution in [3.63, 3.8) is 0 Å². The predicted molar refractivity (Wildman–Crippen MR) is 102 cm³/mol. The maximum atomic E-state index is 12.5. The Morgan fingerprint density at radius 1 is 1.00 bits per heavy atom. The number of methoxy groups -OCH3 is 2. The topological polar surface area (TPSA) is 67.9 Å². The Morgan fingerprint density at radius 3 is 2.31 bits per heavy atom. The van der Waals surface area contributed by atoms with E-state index in [1.54, 1.807) is 18.2 Å². The minimum Gasteiger partial charge on any atom is -0.497 e. The van der Waals surface area contributed by atoms with Gasteiger partial charge in [-0.3, -0.25) is 14.5 Å². The average molecular weight is 356 g/mol. The van der Waals surface area contributed by atoms with E-state index < -0.39 is 0 Å². The number of benzene rings is 2. The molecule has 1 N–H and O–H groups in total. The fraction of sp³-hybridized carbons (Fsp3) is 0.300. The molecule has 6 heteroatoms. The van der Waals surface area contributed by atoms with E-state index in [1.165, 1.54) is 26.0 Å². The second-order valence-corrected chi connectivity index (χ2v) is 5.99. The minimum absolute atomic E-state index is 0.133. The monoisotopic (exact) mass is 356 g/mol. The molecule has 0 fully saturated rings. The number of ether oxygens (including phenoxy) is 2. The second kappa shape index (κ2) is 8.38. The number of carbonyl (C=O) groups is 2. The largest absolute Gasteiger partial charge is 0.497 e. The van der Waals surface area contributed by atoms with Gasteiger partial charge < -0.3 is 14.8 Å². The van der Waals surface area contributed by atoms with Crippen molar-refractivity contribution >= 4 is 23.2 Å². The van der Waals surface area contributed by atoms with Crippen molar-refractivity contribution in [2.75, 3.05) is 31.0 Å². The quantitative estimate of drug-likeness (QED) is 0.862. The smallest absolute Gasteiger partial charge is 0.244 e. The first kappa shape index (κ1) is 19.3. The molecule has 2 aromatic rings. The van der Waals surface area contributed by atoms with Crippen LogP contribution < -0.4 is 19.7 Å². The number of hydrogen-bond donors (Lipinski definition) is 1. The van der Waals surface area contributed by atoms with Crippen LogP contribution in [0.5, 0.6) is 11.5 Å². The molecule has 0 aliphatic carbocycles. The van der Waals surface area contributed by atoms with Crippen LogP contribution in [-0.2, 0) is 9.59 Å². The molecule has 26 heavy (non-hydrogen) atoms. The normalized spacial score (nSPS) is 10.2. The number of amides is 2. The van der Waals surface area contributed by atoms with Gasteiger partial charge in [0.15, 0.2) is 0 Å². The van der Waals surface area contributed by atoms with Crippen LogP contribution in [0.15, 0.2) is 36.4 Å². The third-order valence-corrected chi connectivity index (χ3v) is 4.15. The lowest BCUT2D eigenvalue weighted by Crippen LogP contribution is -2.37. The summed E-state index contributed by atoms with van der Waals surface area (Å²) in [7, 11) is 3.05. The van der Waals surface area contributed by atoms with E-state index in [2.05, 4.69) is 5.32 Å². The van der Waals surface area contributed by atoms with E-state index in [-0.39, 0.29) is 18.4 Å². The Bertz CT molecular complexity index is 817. The standard InChI is InChI=1S/C20H24N2O4/c1-13-6-7-16(10-14(13)2)21-20(24)12-22(15(3)23)18-11-17(25-4)8-9-19(18)26-5/h6-11H,12H2,1-5H3,(H,21,24). The highest BCUT2D eigenvalue weighted by molar-refractivity contribution is 6.02. The van der Waals surface area contributed by atoms with Gasteiger partial charge in [-0.25, -0.2) is 0 Å². The fourth-order valence-electron chi connectivity index (χ4n) is 2.54. The molecule has 2 amide bonds. The third-order valence-electron chi connectivity index (χ3n) is 4.15. The number of anilines is 2. The molecule has 0 saturated carbocycles. The molecule has 0 bridgehead atoms. The van der Waals surface area contributed by atoms with E-state index in [1.807, 2.05) is 32.0 Å². The Hall–Kier alpha value is -3.02. The number of nitrogens with zero attached hydrogens (tertiary/aromatic N) is 1. The summed E-state index contributed by atoms with van der Waals surface area (Å²) in [5.41, 5.74) is 3.41. The van der Waals surface area contributed by atoms with Gasteiger partial charge in [0.05, 0.1) is 19.9 Å². The summed E-state index contributed by atoms with van der Waals surface area (Å²) >= 11 is 0. The highest BCUT2D eigenvalue weighted by Crippen LogP contribution is 2.32. The first-order valence-electron chi connectivity index (χ1n) is 8.23. The molecule has 0 aromatic heterocycles. The van der Waals surface area contributed by atoms with Crippen molar-refractivity contribution < 1.29 is 19.1 Å². The zero-order valence-electron chi connectivity index (χ0n) is 15.8. The summed E-state index contributed by atoms with van der Waals surface area (Å²) in [5, 5.41) is 2.83. The van der Waals surface area contributed by atoms with Crippen LogP contribution in [0.3, 0.4) is 0 Å². The molecule has 0 atom stereocenters. The molecule has 0 spiro atoms. The highest BCUT2D eigenvalue weighted by Gasteiger charge is 2.20. The van der Waals surface area contributed by atoms with Gasteiger partial charge >= 0.3 is 0 Å². The van der Waals surface area contributed by atoms with Crippen LogP contribution in [0.4, 0.5) is 11.4 Å². The number of aryl methyl sites for hydroxylation is 2. The number of carbonyl (C=O) groups excluding carboxylic acids is 2. The molecule has 0 aliphatic rings. The van der Waals surface area contributed by atoms with Gasteiger partial charge in [0.2, 0.25) is 11.8 Å². The van der Waals surface area contributed by atoms with Crippen LogP contribution in [0, 0.1) is 13.8 Å². The van der Waals surface area contributed by atoms with E-state index in [0.717, 1.165) is 11.1 Å².